The van der Waals surface area contributed by atoms with Gasteiger partial charge in [-0.2, -0.15) is 0 Å². The second-order valence-electron chi connectivity index (χ2n) is 3.88. The summed E-state index contributed by atoms with van der Waals surface area (Å²) >= 11 is 3.11. The highest BCUT2D eigenvalue weighted by Crippen LogP contribution is 2.17. The van der Waals surface area contributed by atoms with E-state index in [1.165, 1.54) is 18.2 Å². The van der Waals surface area contributed by atoms with Crippen molar-refractivity contribution in [1.82, 2.24) is 0 Å². The summed E-state index contributed by atoms with van der Waals surface area (Å²) in [6, 6.07) is 11.6. The average Bonchev–Trinajstić information content (AvgIpc) is 2.31. The molecule has 0 aliphatic rings. The third kappa shape index (κ3) is 3.37. The predicted octanol–water partition coefficient (Wildman–Crippen LogP) is 4.51. The molecule has 2 aromatic rings. The predicted molar refractivity (Wildman–Crippen MR) is 67.9 cm³/mol. The molecule has 0 nitrogen and oxygen atoms in total. The van der Waals surface area contributed by atoms with Crippen molar-refractivity contribution in [3.8, 4) is 0 Å². The van der Waals surface area contributed by atoms with Crippen molar-refractivity contribution in [3.63, 3.8) is 0 Å². The zero-order valence-electron chi connectivity index (χ0n) is 9.09. The van der Waals surface area contributed by atoms with Gasteiger partial charge in [0.25, 0.3) is 0 Å². The normalized spacial score (nSPS) is 10.5. The van der Waals surface area contributed by atoms with E-state index >= 15 is 0 Å². The highest BCUT2D eigenvalue weighted by molar-refractivity contribution is 9.10. The van der Waals surface area contributed by atoms with Crippen molar-refractivity contribution in [2.24, 2.45) is 0 Å². The Morgan fingerprint density at radius 3 is 2.24 bits per heavy atom. The zero-order valence-corrected chi connectivity index (χ0v) is 10.7. The Morgan fingerprint density at radius 2 is 1.59 bits per heavy atom. The molecule has 0 unspecified atom stereocenters. The van der Waals surface area contributed by atoms with Gasteiger partial charge >= 0.3 is 0 Å². The largest absolute Gasteiger partial charge is 0.207 e. The standard InChI is InChI=1S/C14H11BrF2/c15-13-7-6-11(9-14(13)17)5-4-10-2-1-3-12(16)8-10/h1-3,6-9H,4-5H2. The highest BCUT2D eigenvalue weighted by Gasteiger charge is 2.02. The van der Waals surface area contributed by atoms with E-state index < -0.39 is 0 Å². The molecule has 0 heterocycles. The first-order valence-electron chi connectivity index (χ1n) is 5.33. The van der Waals surface area contributed by atoms with Gasteiger partial charge < -0.3 is 0 Å². The second kappa shape index (κ2) is 5.41. The minimum atomic E-state index is -0.262. The van der Waals surface area contributed by atoms with E-state index in [9.17, 15) is 8.78 Å². The third-order valence-corrected chi connectivity index (χ3v) is 3.22. The van der Waals surface area contributed by atoms with Gasteiger partial charge in [-0.05, 0) is 64.2 Å². The van der Waals surface area contributed by atoms with E-state index in [-0.39, 0.29) is 11.6 Å². The molecule has 0 spiro atoms. The molecule has 0 saturated heterocycles. The molecule has 0 radical (unpaired) electrons. The van der Waals surface area contributed by atoms with E-state index in [2.05, 4.69) is 15.9 Å². The molecule has 0 aromatic heterocycles. The number of benzene rings is 2. The van der Waals surface area contributed by atoms with Crippen molar-refractivity contribution >= 4 is 15.9 Å². The van der Waals surface area contributed by atoms with Crippen LogP contribution in [0.4, 0.5) is 8.78 Å². The third-order valence-electron chi connectivity index (χ3n) is 2.58. The Balaban J connectivity index is 2.05. The zero-order chi connectivity index (χ0) is 12.3. The molecule has 2 rings (SSSR count). The Hall–Kier alpha value is -1.22. The van der Waals surface area contributed by atoms with Gasteiger partial charge in [-0.25, -0.2) is 8.78 Å². The van der Waals surface area contributed by atoms with Crippen LogP contribution in [0, 0.1) is 11.6 Å². The van der Waals surface area contributed by atoms with Crippen LogP contribution in [0.2, 0.25) is 0 Å². The fraction of sp³-hybridized carbons (Fsp3) is 0.143. The van der Waals surface area contributed by atoms with E-state index in [0.717, 1.165) is 11.1 Å². The smallest absolute Gasteiger partial charge is 0.137 e. The maximum atomic E-state index is 13.3. The topological polar surface area (TPSA) is 0 Å². The minimum Gasteiger partial charge on any atom is -0.207 e. The molecule has 0 atom stereocenters. The number of hydrogen-bond acceptors (Lipinski definition) is 0. The van der Waals surface area contributed by atoms with Gasteiger partial charge in [0.05, 0.1) is 4.47 Å². The van der Waals surface area contributed by atoms with Crippen LogP contribution in [0.15, 0.2) is 46.9 Å². The lowest BCUT2D eigenvalue weighted by atomic mass is 10.0. The van der Waals surface area contributed by atoms with Crippen molar-refractivity contribution in [2.75, 3.05) is 0 Å². The Bertz CT molecular complexity index is 523. The summed E-state index contributed by atoms with van der Waals surface area (Å²) in [7, 11) is 0. The Labute approximate surface area is 107 Å². The molecule has 0 N–H and O–H groups in total. The molecule has 0 amide bonds. The van der Waals surface area contributed by atoms with Gasteiger partial charge in [0.15, 0.2) is 0 Å². The van der Waals surface area contributed by atoms with Crippen LogP contribution >= 0.6 is 15.9 Å². The molecular weight excluding hydrogens is 286 g/mol. The van der Waals surface area contributed by atoms with Crippen molar-refractivity contribution in [1.29, 1.82) is 0 Å². The van der Waals surface area contributed by atoms with Crippen LogP contribution in [-0.4, -0.2) is 0 Å². The lowest BCUT2D eigenvalue weighted by Crippen LogP contribution is -1.93. The van der Waals surface area contributed by atoms with Crippen LogP contribution in [0.5, 0.6) is 0 Å². The lowest BCUT2D eigenvalue weighted by Gasteiger charge is -2.03. The van der Waals surface area contributed by atoms with Crippen LogP contribution in [0.1, 0.15) is 11.1 Å². The van der Waals surface area contributed by atoms with Gasteiger partial charge in [-0.15, -0.1) is 0 Å². The molecule has 0 aliphatic carbocycles. The summed E-state index contributed by atoms with van der Waals surface area (Å²) < 4.78 is 26.7. The maximum Gasteiger partial charge on any atom is 0.137 e. The van der Waals surface area contributed by atoms with Crippen LogP contribution in [0.25, 0.3) is 0 Å². The van der Waals surface area contributed by atoms with Crippen LogP contribution < -0.4 is 0 Å². The van der Waals surface area contributed by atoms with Gasteiger partial charge in [0, 0.05) is 0 Å². The molecule has 0 fully saturated rings. The maximum absolute atomic E-state index is 13.3. The summed E-state index contributed by atoms with van der Waals surface area (Å²) in [5.74, 6) is -0.494. The van der Waals surface area contributed by atoms with Gasteiger partial charge in [0.2, 0.25) is 0 Å². The lowest BCUT2D eigenvalue weighted by molar-refractivity contribution is 0.617. The molecule has 17 heavy (non-hydrogen) atoms. The molecule has 0 saturated carbocycles. The van der Waals surface area contributed by atoms with Crippen molar-refractivity contribution in [2.45, 2.75) is 12.8 Å². The summed E-state index contributed by atoms with van der Waals surface area (Å²) in [5, 5.41) is 0. The first-order chi connectivity index (χ1) is 8.15. The fourth-order valence-corrected chi connectivity index (χ4v) is 1.92. The number of rotatable bonds is 3. The first-order valence-corrected chi connectivity index (χ1v) is 6.13. The SMILES string of the molecule is Fc1cccc(CCc2ccc(Br)c(F)c2)c1. The van der Waals surface area contributed by atoms with Crippen LogP contribution in [-0.2, 0) is 12.8 Å². The van der Waals surface area contributed by atoms with E-state index in [1.807, 2.05) is 12.1 Å². The van der Waals surface area contributed by atoms with Crippen molar-refractivity contribution in [3.05, 3.63) is 69.7 Å². The monoisotopic (exact) mass is 296 g/mol. The molecule has 88 valence electrons. The Morgan fingerprint density at radius 1 is 0.882 bits per heavy atom. The van der Waals surface area contributed by atoms with E-state index in [1.54, 1.807) is 12.1 Å². The first kappa shape index (κ1) is 12.2. The second-order valence-corrected chi connectivity index (χ2v) is 4.73. The van der Waals surface area contributed by atoms with Crippen molar-refractivity contribution < 1.29 is 8.78 Å². The quantitative estimate of drug-likeness (QED) is 0.782. The van der Waals surface area contributed by atoms with E-state index in [0.29, 0.717) is 17.3 Å². The fourth-order valence-electron chi connectivity index (χ4n) is 1.68. The minimum absolute atomic E-state index is 0.232. The van der Waals surface area contributed by atoms with Gasteiger partial charge in [0.1, 0.15) is 11.6 Å². The number of hydrogen-bond donors (Lipinski definition) is 0. The molecule has 3 heteroatoms. The number of halogens is 3. The summed E-state index contributed by atoms with van der Waals surface area (Å²) in [4.78, 5) is 0. The highest BCUT2D eigenvalue weighted by atomic mass is 79.9. The summed E-state index contributed by atoms with van der Waals surface area (Å²) in [5.41, 5.74) is 1.84. The number of aryl methyl sites for hydroxylation is 2. The summed E-state index contributed by atoms with van der Waals surface area (Å²) in [6.45, 7) is 0. The summed E-state index contributed by atoms with van der Waals surface area (Å²) in [6.07, 6.45) is 1.41. The van der Waals surface area contributed by atoms with Crippen LogP contribution in [0.3, 0.4) is 0 Å². The van der Waals surface area contributed by atoms with E-state index in [4.69, 9.17) is 0 Å². The molecular formula is C14H11BrF2. The Kier molecular flexibility index (Phi) is 3.89. The van der Waals surface area contributed by atoms with Gasteiger partial charge in [-0.3, -0.25) is 0 Å². The molecule has 0 bridgehead atoms. The van der Waals surface area contributed by atoms with Gasteiger partial charge in [-0.1, -0.05) is 18.2 Å². The molecule has 2 aromatic carbocycles. The average molecular weight is 297 g/mol. The molecule has 0 aliphatic heterocycles.